The van der Waals surface area contributed by atoms with Crippen LogP contribution in [0.2, 0.25) is 0 Å². The van der Waals surface area contributed by atoms with E-state index in [-0.39, 0.29) is 5.41 Å². The van der Waals surface area contributed by atoms with Gasteiger partial charge in [-0.1, -0.05) is 20.8 Å². The minimum atomic E-state index is -0.0881. The quantitative estimate of drug-likeness (QED) is 0.807. The summed E-state index contributed by atoms with van der Waals surface area (Å²) in [5.41, 5.74) is 6.73. The standard InChI is InChI=1S/C12H22N4/c1-7(2)14-10-8(3)9(13)15-11(16-10)12(4,5)6/h7H,1-6H3,(H3,13,14,15,16). The highest BCUT2D eigenvalue weighted by molar-refractivity contribution is 5.55. The zero-order valence-corrected chi connectivity index (χ0v) is 11.0. The summed E-state index contributed by atoms with van der Waals surface area (Å²) in [6.45, 7) is 12.3. The Labute approximate surface area is 97.7 Å². The maximum absolute atomic E-state index is 5.90. The van der Waals surface area contributed by atoms with Crippen LogP contribution in [0.25, 0.3) is 0 Å². The van der Waals surface area contributed by atoms with Crippen molar-refractivity contribution in [3.05, 3.63) is 11.4 Å². The van der Waals surface area contributed by atoms with Gasteiger partial charge in [0.05, 0.1) is 0 Å². The highest BCUT2D eigenvalue weighted by Gasteiger charge is 2.20. The summed E-state index contributed by atoms with van der Waals surface area (Å²) >= 11 is 0. The first-order valence-electron chi connectivity index (χ1n) is 5.63. The number of aromatic nitrogens is 2. The van der Waals surface area contributed by atoms with Gasteiger partial charge in [-0.2, -0.15) is 0 Å². The van der Waals surface area contributed by atoms with Gasteiger partial charge in [-0.05, 0) is 20.8 Å². The third kappa shape index (κ3) is 2.84. The lowest BCUT2D eigenvalue weighted by Gasteiger charge is -2.20. The maximum atomic E-state index is 5.90. The van der Waals surface area contributed by atoms with Crippen LogP contribution in [0.3, 0.4) is 0 Å². The summed E-state index contributed by atoms with van der Waals surface area (Å²) in [6, 6.07) is 0.334. The number of nitrogens with one attached hydrogen (secondary N) is 1. The van der Waals surface area contributed by atoms with Crippen LogP contribution in [0.5, 0.6) is 0 Å². The second kappa shape index (κ2) is 4.28. The molecule has 0 radical (unpaired) electrons. The maximum Gasteiger partial charge on any atom is 0.138 e. The molecule has 1 heterocycles. The van der Waals surface area contributed by atoms with E-state index in [1.165, 1.54) is 0 Å². The molecule has 0 aliphatic rings. The van der Waals surface area contributed by atoms with Crippen molar-refractivity contribution in [3.8, 4) is 0 Å². The molecule has 1 aromatic rings. The molecular weight excluding hydrogens is 200 g/mol. The Bertz CT molecular complexity index is 377. The van der Waals surface area contributed by atoms with Crippen molar-refractivity contribution in [1.82, 2.24) is 9.97 Å². The molecule has 0 spiro atoms. The number of hydrogen-bond donors (Lipinski definition) is 2. The van der Waals surface area contributed by atoms with Gasteiger partial charge in [-0.3, -0.25) is 0 Å². The molecule has 16 heavy (non-hydrogen) atoms. The molecule has 4 nitrogen and oxygen atoms in total. The number of nitrogen functional groups attached to an aromatic ring is 1. The summed E-state index contributed by atoms with van der Waals surface area (Å²) in [7, 11) is 0. The Morgan fingerprint density at radius 2 is 1.75 bits per heavy atom. The van der Waals surface area contributed by atoms with Gasteiger partial charge in [-0.15, -0.1) is 0 Å². The minimum absolute atomic E-state index is 0.0881. The lowest BCUT2D eigenvalue weighted by molar-refractivity contribution is 0.546. The molecule has 0 bridgehead atoms. The van der Waals surface area contributed by atoms with E-state index in [2.05, 4.69) is 49.9 Å². The molecule has 0 fully saturated rings. The second-order valence-corrected chi connectivity index (χ2v) is 5.46. The average molecular weight is 222 g/mol. The largest absolute Gasteiger partial charge is 0.383 e. The van der Waals surface area contributed by atoms with E-state index in [0.717, 1.165) is 17.2 Å². The van der Waals surface area contributed by atoms with Crippen LogP contribution in [0.15, 0.2) is 0 Å². The van der Waals surface area contributed by atoms with E-state index in [1.807, 2.05) is 6.92 Å². The second-order valence-electron chi connectivity index (χ2n) is 5.46. The first-order chi connectivity index (χ1) is 7.21. The van der Waals surface area contributed by atoms with E-state index in [0.29, 0.717) is 11.9 Å². The van der Waals surface area contributed by atoms with Gasteiger partial charge in [0.2, 0.25) is 0 Å². The Hall–Kier alpha value is -1.32. The number of nitrogens with zero attached hydrogens (tertiary/aromatic N) is 2. The minimum Gasteiger partial charge on any atom is -0.383 e. The lowest BCUT2D eigenvalue weighted by atomic mass is 9.95. The van der Waals surface area contributed by atoms with Crippen molar-refractivity contribution in [2.75, 3.05) is 11.1 Å². The normalized spacial score (nSPS) is 11.9. The SMILES string of the molecule is Cc1c(N)nc(C(C)(C)C)nc1NC(C)C. The van der Waals surface area contributed by atoms with Gasteiger partial charge < -0.3 is 11.1 Å². The molecule has 0 aliphatic heterocycles. The van der Waals surface area contributed by atoms with E-state index in [9.17, 15) is 0 Å². The molecule has 90 valence electrons. The molecule has 0 amide bonds. The van der Waals surface area contributed by atoms with Crippen LogP contribution in [0.1, 0.15) is 46.0 Å². The zero-order chi connectivity index (χ0) is 12.5. The first kappa shape index (κ1) is 12.7. The number of rotatable bonds is 2. The Balaban J connectivity index is 3.22. The molecule has 1 rings (SSSR count). The summed E-state index contributed by atoms with van der Waals surface area (Å²) in [6.07, 6.45) is 0. The molecule has 0 saturated heterocycles. The van der Waals surface area contributed by atoms with E-state index in [1.54, 1.807) is 0 Å². The number of nitrogens with two attached hydrogens (primary N) is 1. The van der Waals surface area contributed by atoms with E-state index < -0.39 is 0 Å². The summed E-state index contributed by atoms with van der Waals surface area (Å²) < 4.78 is 0. The van der Waals surface area contributed by atoms with Crippen molar-refractivity contribution in [3.63, 3.8) is 0 Å². The van der Waals surface area contributed by atoms with Crippen LogP contribution in [0.4, 0.5) is 11.6 Å². The van der Waals surface area contributed by atoms with Crippen LogP contribution >= 0.6 is 0 Å². The molecule has 0 atom stereocenters. The van der Waals surface area contributed by atoms with Gasteiger partial charge in [0.15, 0.2) is 0 Å². The van der Waals surface area contributed by atoms with Gasteiger partial charge >= 0.3 is 0 Å². The van der Waals surface area contributed by atoms with Crippen LogP contribution in [-0.4, -0.2) is 16.0 Å². The predicted molar refractivity (Wildman–Crippen MR) is 68.6 cm³/mol. The third-order valence-corrected chi connectivity index (χ3v) is 2.28. The fraction of sp³-hybridized carbons (Fsp3) is 0.667. The van der Waals surface area contributed by atoms with Gasteiger partial charge in [0.1, 0.15) is 17.5 Å². The van der Waals surface area contributed by atoms with Crippen molar-refractivity contribution in [1.29, 1.82) is 0 Å². The van der Waals surface area contributed by atoms with Gasteiger partial charge in [-0.25, -0.2) is 9.97 Å². The smallest absolute Gasteiger partial charge is 0.138 e. The molecule has 0 aliphatic carbocycles. The van der Waals surface area contributed by atoms with Crippen LogP contribution in [0, 0.1) is 6.92 Å². The monoisotopic (exact) mass is 222 g/mol. The highest BCUT2D eigenvalue weighted by Crippen LogP contribution is 2.24. The number of anilines is 2. The Kier molecular flexibility index (Phi) is 3.41. The third-order valence-electron chi connectivity index (χ3n) is 2.28. The first-order valence-corrected chi connectivity index (χ1v) is 5.63. The molecule has 0 saturated carbocycles. The fourth-order valence-electron chi connectivity index (χ4n) is 1.28. The Morgan fingerprint density at radius 1 is 1.19 bits per heavy atom. The molecule has 3 N–H and O–H groups in total. The molecule has 1 aromatic heterocycles. The average Bonchev–Trinajstić information content (AvgIpc) is 2.10. The van der Waals surface area contributed by atoms with E-state index >= 15 is 0 Å². The zero-order valence-electron chi connectivity index (χ0n) is 11.0. The number of hydrogen-bond acceptors (Lipinski definition) is 4. The fourth-order valence-corrected chi connectivity index (χ4v) is 1.28. The van der Waals surface area contributed by atoms with E-state index in [4.69, 9.17) is 5.73 Å². The van der Waals surface area contributed by atoms with Gasteiger partial charge in [0.25, 0.3) is 0 Å². The Morgan fingerprint density at radius 3 is 2.19 bits per heavy atom. The lowest BCUT2D eigenvalue weighted by Crippen LogP contribution is -2.21. The van der Waals surface area contributed by atoms with Crippen molar-refractivity contribution >= 4 is 11.6 Å². The summed E-state index contributed by atoms with van der Waals surface area (Å²) in [5.74, 6) is 2.18. The summed E-state index contributed by atoms with van der Waals surface area (Å²) in [4.78, 5) is 8.88. The topological polar surface area (TPSA) is 63.8 Å². The molecule has 0 aromatic carbocycles. The predicted octanol–water partition coefficient (Wildman–Crippen LogP) is 2.49. The van der Waals surface area contributed by atoms with Crippen LogP contribution < -0.4 is 11.1 Å². The van der Waals surface area contributed by atoms with Crippen molar-refractivity contribution < 1.29 is 0 Å². The molecule has 0 unspecified atom stereocenters. The van der Waals surface area contributed by atoms with Crippen molar-refractivity contribution in [2.24, 2.45) is 0 Å². The molecular formula is C12H22N4. The summed E-state index contributed by atoms with van der Waals surface area (Å²) in [5, 5.41) is 3.30. The molecule has 4 heteroatoms. The highest BCUT2D eigenvalue weighted by atomic mass is 15.1. The van der Waals surface area contributed by atoms with Gasteiger partial charge in [0, 0.05) is 17.0 Å². The van der Waals surface area contributed by atoms with Crippen molar-refractivity contribution in [2.45, 2.75) is 53.0 Å². The van der Waals surface area contributed by atoms with Crippen LogP contribution in [-0.2, 0) is 5.41 Å².